The number of hydrogen-bond donors (Lipinski definition) is 1. The van der Waals surface area contributed by atoms with Gasteiger partial charge in [0, 0.05) is 23.8 Å². The van der Waals surface area contributed by atoms with Gasteiger partial charge in [0.05, 0.1) is 5.92 Å². The van der Waals surface area contributed by atoms with Crippen LogP contribution in [-0.4, -0.2) is 15.6 Å². The van der Waals surface area contributed by atoms with E-state index in [-0.39, 0.29) is 5.92 Å². The minimum atomic E-state index is -0.734. The van der Waals surface area contributed by atoms with E-state index in [1.54, 1.807) is 11.3 Å². The quantitative estimate of drug-likeness (QED) is 0.865. The van der Waals surface area contributed by atoms with E-state index >= 15 is 0 Å². The lowest BCUT2D eigenvalue weighted by atomic mass is 10.1. The maximum Gasteiger partial charge on any atom is 0.308 e. The van der Waals surface area contributed by atoms with Crippen LogP contribution in [0.15, 0.2) is 42.0 Å². The second-order valence-corrected chi connectivity index (χ2v) is 4.73. The lowest BCUT2D eigenvalue weighted by Gasteiger charge is -2.12. The Morgan fingerprint density at radius 1 is 1.38 bits per heavy atom. The van der Waals surface area contributed by atoms with Crippen LogP contribution in [0.2, 0.25) is 0 Å². The van der Waals surface area contributed by atoms with Crippen molar-refractivity contribution in [3.05, 3.63) is 46.9 Å². The summed E-state index contributed by atoms with van der Waals surface area (Å²) in [5.41, 5.74) is 0. The highest BCUT2D eigenvalue weighted by atomic mass is 32.1. The van der Waals surface area contributed by atoms with Gasteiger partial charge in [0.25, 0.3) is 0 Å². The summed E-state index contributed by atoms with van der Waals surface area (Å²) in [7, 11) is 0. The third kappa shape index (κ3) is 2.73. The van der Waals surface area contributed by atoms with Crippen LogP contribution in [0.4, 0.5) is 0 Å². The van der Waals surface area contributed by atoms with Gasteiger partial charge >= 0.3 is 5.97 Å². The molecule has 0 radical (unpaired) electrons. The zero-order valence-electron chi connectivity index (χ0n) is 8.74. The Bertz CT molecular complexity index is 397. The molecule has 16 heavy (non-hydrogen) atoms. The maximum absolute atomic E-state index is 11.1. The molecule has 0 saturated carbocycles. The van der Waals surface area contributed by atoms with Crippen LogP contribution >= 0.6 is 11.3 Å². The van der Waals surface area contributed by atoms with E-state index < -0.39 is 5.97 Å². The average molecular weight is 235 g/mol. The fraction of sp³-hybridized carbons (Fsp3) is 0.250. The van der Waals surface area contributed by atoms with E-state index in [0.29, 0.717) is 13.0 Å². The molecule has 84 valence electrons. The molecule has 0 aromatic carbocycles. The number of thiophene rings is 1. The predicted molar refractivity (Wildman–Crippen MR) is 63.6 cm³/mol. The van der Waals surface area contributed by atoms with Crippen molar-refractivity contribution >= 4 is 17.3 Å². The standard InChI is InChI=1S/C12H13NO2S/c14-12(15)10(8-11-4-3-7-16-11)9-13-5-1-2-6-13/h1-7,10H,8-9H2,(H,14,15). The Morgan fingerprint density at radius 2 is 2.12 bits per heavy atom. The van der Waals surface area contributed by atoms with Gasteiger partial charge < -0.3 is 9.67 Å². The van der Waals surface area contributed by atoms with Crippen LogP contribution < -0.4 is 0 Å². The minimum absolute atomic E-state index is 0.356. The van der Waals surface area contributed by atoms with Gasteiger partial charge in [-0.25, -0.2) is 0 Å². The Hall–Kier alpha value is -1.55. The van der Waals surface area contributed by atoms with Gasteiger partial charge in [0.2, 0.25) is 0 Å². The van der Waals surface area contributed by atoms with Crippen LogP contribution in [0.1, 0.15) is 4.88 Å². The smallest absolute Gasteiger partial charge is 0.308 e. The first kappa shape index (κ1) is 11.0. The van der Waals surface area contributed by atoms with E-state index in [1.165, 1.54) is 0 Å². The highest BCUT2D eigenvalue weighted by Crippen LogP contribution is 2.16. The summed E-state index contributed by atoms with van der Waals surface area (Å²) in [6, 6.07) is 7.75. The molecule has 0 aliphatic heterocycles. The van der Waals surface area contributed by atoms with Crippen molar-refractivity contribution < 1.29 is 9.90 Å². The number of aliphatic carboxylic acids is 1. The molecule has 4 heteroatoms. The van der Waals surface area contributed by atoms with Crippen molar-refractivity contribution in [2.75, 3.05) is 0 Å². The van der Waals surface area contributed by atoms with Crippen LogP contribution in [0, 0.1) is 5.92 Å². The van der Waals surface area contributed by atoms with Crippen LogP contribution in [0.3, 0.4) is 0 Å². The number of hydrogen-bond acceptors (Lipinski definition) is 2. The Morgan fingerprint density at radius 3 is 2.69 bits per heavy atom. The second-order valence-electron chi connectivity index (χ2n) is 3.70. The number of carboxylic acid groups (broad SMARTS) is 1. The molecule has 3 nitrogen and oxygen atoms in total. The lowest BCUT2D eigenvalue weighted by Crippen LogP contribution is -2.21. The maximum atomic E-state index is 11.1. The Balaban J connectivity index is 2.03. The van der Waals surface area contributed by atoms with E-state index in [4.69, 9.17) is 5.11 Å². The van der Waals surface area contributed by atoms with E-state index in [1.807, 2.05) is 46.6 Å². The monoisotopic (exact) mass is 235 g/mol. The molecule has 1 N–H and O–H groups in total. The van der Waals surface area contributed by atoms with Gasteiger partial charge in [-0.1, -0.05) is 6.07 Å². The summed E-state index contributed by atoms with van der Waals surface area (Å²) < 4.78 is 1.91. The zero-order chi connectivity index (χ0) is 11.4. The fourth-order valence-corrected chi connectivity index (χ4v) is 2.43. The summed E-state index contributed by atoms with van der Waals surface area (Å²) in [4.78, 5) is 12.3. The van der Waals surface area contributed by atoms with E-state index in [2.05, 4.69) is 0 Å². The van der Waals surface area contributed by atoms with Gasteiger partial charge in [-0.15, -0.1) is 11.3 Å². The molecule has 0 saturated heterocycles. The second kappa shape index (κ2) is 4.99. The molecule has 2 rings (SSSR count). The molecule has 2 heterocycles. The largest absolute Gasteiger partial charge is 0.481 e. The Kier molecular flexibility index (Phi) is 3.41. The van der Waals surface area contributed by atoms with Crippen molar-refractivity contribution in [3.8, 4) is 0 Å². The minimum Gasteiger partial charge on any atom is -0.481 e. The molecule has 2 aromatic rings. The molecule has 2 aromatic heterocycles. The first-order valence-corrected chi connectivity index (χ1v) is 5.99. The summed E-state index contributed by atoms with van der Waals surface area (Å²) in [5, 5.41) is 11.1. The highest BCUT2D eigenvalue weighted by Gasteiger charge is 2.18. The normalized spacial score (nSPS) is 12.5. The molecule has 1 atom stereocenters. The molecule has 0 bridgehead atoms. The van der Waals surface area contributed by atoms with Crippen molar-refractivity contribution in [3.63, 3.8) is 0 Å². The summed E-state index contributed by atoms with van der Waals surface area (Å²) in [5.74, 6) is -1.09. The van der Waals surface area contributed by atoms with E-state index in [0.717, 1.165) is 4.88 Å². The molecule has 0 aliphatic rings. The first-order chi connectivity index (χ1) is 7.75. The van der Waals surface area contributed by atoms with Crippen molar-refractivity contribution in [1.82, 2.24) is 4.57 Å². The topological polar surface area (TPSA) is 42.2 Å². The highest BCUT2D eigenvalue weighted by molar-refractivity contribution is 7.09. The summed E-state index contributed by atoms with van der Waals surface area (Å²) in [6.07, 6.45) is 4.39. The predicted octanol–water partition coefficient (Wildman–Crippen LogP) is 2.49. The molecule has 0 amide bonds. The van der Waals surface area contributed by atoms with Crippen LogP contribution in [-0.2, 0) is 17.8 Å². The molecule has 0 aliphatic carbocycles. The SMILES string of the molecule is O=C(O)C(Cc1cccs1)Cn1cccc1. The molecular weight excluding hydrogens is 222 g/mol. The third-order valence-corrected chi connectivity index (χ3v) is 3.37. The van der Waals surface area contributed by atoms with Crippen LogP contribution in [0.25, 0.3) is 0 Å². The van der Waals surface area contributed by atoms with Crippen LogP contribution in [0.5, 0.6) is 0 Å². The number of rotatable bonds is 5. The number of aromatic nitrogens is 1. The van der Waals surface area contributed by atoms with Crippen molar-refractivity contribution in [1.29, 1.82) is 0 Å². The van der Waals surface area contributed by atoms with Gasteiger partial charge in [0.1, 0.15) is 0 Å². The zero-order valence-corrected chi connectivity index (χ0v) is 9.56. The number of carbonyl (C=O) groups is 1. The molecule has 1 unspecified atom stereocenters. The van der Waals surface area contributed by atoms with Gasteiger partial charge in [-0.2, -0.15) is 0 Å². The lowest BCUT2D eigenvalue weighted by molar-refractivity contribution is -0.142. The average Bonchev–Trinajstić information content (AvgIpc) is 2.88. The molecular formula is C12H13NO2S. The van der Waals surface area contributed by atoms with Gasteiger partial charge in [-0.3, -0.25) is 4.79 Å². The number of carboxylic acids is 1. The molecule has 0 spiro atoms. The van der Waals surface area contributed by atoms with Crippen molar-refractivity contribution in [2.45, 2.75) is 13.0 Å². The fourth-order valence-electron chi connectivity index (χ4n) is 1.65. The third-order valence-electron chi connectivity index (χ3n) is 2.47. The van der Waals surface area contributed by atoms with Gasteiger partial charge in [-0.05, 0) is 30.0 Å². The van der Waals surface area contributed by atoms with E-state index in [9.17, 15) is 4.79 Å². The summed E-state index contributed by atoms with van der Waals surface area (Å²) >= 11 is 1.61. The first-order valence-electron chi connectivity index (χ1n) is 5.11. The molecule has 0 fully saturated rings. The van der Waals surface area contributed by atoms with Crippen molar-refractivity contribution in [2.24, 2.45) is 5.92 Å². The Labute approximate surface area is 98.0 Å². The van der Waals surface area contributed by atoms with Gasteiger partial charge in [0.15, 0.2) is 0 Å². The summed E-state index contributed by atoms with van der Waals surface area (Å²) in [6.45, 7) is 0.528. The number of nitrogens with zero attached hydrogens (tertiary/aromatic N) is 1.